The highest BCUT2D eigenvalue weighted by atomic mass is 35.5. The summed E-state index contributed by atoms with van der Waals surface area (Å²) in [5, 5.41) is 2.44. The molecule has 0 rings (SSSR count). The first-order valence-corrected chi connectivity index (χ1v) is 3.36. The maximum absolute atomic E-state index is 9.87. The van der Waals surface area contributed by atoms with Gasteiger partial charge in [0.1, 0.15) is 0 Å². The Morgan fingerprint density at radius 1 is 1.22 bits per heavy atom. The summed E-state index contributed by atoms with van der Waals surface area (Å²) in [6.07, 6.45) is 0. The van der Waals surface area contributed by atoms with Gasteiger partial charge in [0.25, 0.3) is 4.46 Å². The highest BCUT2D eigenvalue weighted by molar-refractivity contribution is 6.53. The molecular formula is C4H6Cl3NO. The average Bonchev–Trinajstić information content (AvgIpc) is 1.64. The van der Waals surface area contributed by atoms with Crippen LogP contribution in [0.3, 0.4) is 0 Å². The number of nitrogens with zero attached hydrogens (tertiary/aromatic N) is 1. The zero-order valence-electron chi connectivity index (χ0n) is 4.99. The van der Waals surface area contributed by atoms with Crippen molar-refractivity contribution in [2.24, 2.45) is 5.18 Å². The first kappa shape index (κ1) is 9.47. The van der Waals surface area contributed by atoms with Crippen molar-refractivity contribution < 1.29 is 0 Å². The minimum absolute atomic E-state index is 1.03. The molecule has 0 N–H and O–H groups in total. The van der Waals surface area contributed by atoms with E-state index in [1.165, 1.54) is 13.8 Å². The van der Waals surface area contributed by atoms with Crippen molar-refractivity contribution in [2.75, 3.05) is 0 Å². The minimum Gasteiger partial charge on any atom is -0.147 e. The predicted molar refractivity (Wildman–Crippen MR) is 40.2 cm³/mol. The Kier molecular flexibility index (Phi) is 2.74. The fourth-order valence-electron chi connectivity index (χ4n) is 0.109. The molecule has 0 aromatic rings. The van der Waals surface area contributed by atoms with Gasteiger partial charge < -0.3 is 0 Å². The van der Waals surface area contributed by atoms with E-state index >= 15 is 0 Å². The van der Waals surface area contributed by atoms with E-state index in [9.17, 15) is 4.91 Å². The van der Waals surface area contributed by atoms with E-state index in [0.29, 0.717) is 0 Å². The number of nitroso groups, excluding NO2 is 1. The Bertz CT molecular complexity index is 117. The number of halogens is 3. The third-order valence-corrected chi connectivity index (χ3v) is 2.38. The summed E-state index contributed by atoms with van der Waals surface area (Å²) in [6.45, 7) is 3.02. The lowest BCUT2D eigenvalue weighted by atomic mass is 10.2. The standard InChI is InChI=1S/C4H6Cl3NO/c1-3(2,5)4(6,7)8-9/h1-2H3. The molecule has 0 aromatic heterocycles. The molecule has 0 unspecified atom stereocenters. The molecule has 0 aliphatic heterocycles. The van der Waals surface area contributed by atoms with Crippen LogP contribution in [0.4, 0.5) is 0 Å². The van der Waals surface area contributed by atoms with Gasteiger partial charge in [-0.3, -0.25) is 0 Å². The van der Waals surface area contributed by atoms with Gasteiger partial charge >= 0.3 is 0 Å². The van der Waals surface area contributed by atoms with E-state index in [2.05, 4.69) is 5.18 Å². The SMILES string of the molecule is CC(C)(Cl)C(Cl)(Cl)N=O. The van der Waals surface area contributed by atoms with Gasteiger partial charge in [-0.25, -0.2) is 0 Å². The summed E-state index contributed by atoms with van der Waals surface area (Å²) in [7, 11) is 0. The highest BCUT2D eigenvalue weighted by Crippen LogP contribution is 2.39. The molecule has 54 valence electrons. The third-order valence-electron chi connectivity index (χ3n) is 0.830. The van der Waals surface area contributed by atoms with Crippen molar-refractivity contribution in [3.05, 3.63) is 4.91 Å². The second-order valence-corrected chi connectivity index (χ2v) is 4.34. The molecule has 0 aliphatic rings. The second kappa shape index (κ2) is 2.60. The first-order chi connectivity index (χ1) is 3.81. The van der Waals surface area contributed by atoms with Crippen LogP contribution in [0, 0.1) is 4.91 Å². The summed E-state index contributed by atoms with van der Waals surface area (Å²) in [5.74, 6) is 0. The molecular weight excluding hydrogens is 184 g/mol. The van der Waals surface area contributed by atoms with E-state index in [1.807, 2.05) is 0 Å². The quantitative estimate of drug-likeness (QED) is 0.374. The Morgan fingerprint density at radius 3 is 1.56 bits per heavy atom. The smallest absolute Gasteiger partial charge is 0.147 e. The van der Waals surface area contributed by atoms with Gasteiger partial charge in [-0.2, -0.15) is 0 Å². The van der Waals surface area contributed by atoms with Crippen molar-refractivity contribution in [2.45, 2.75) is 23.2 Å². The van der Waals surface area contributed by atoms with E-state index in [-0.39, 0.29) is 0 Å². The fourth-order valence-corrected chi connectivity index (χ4v) is 0.143. The average molecular weight is 190 g/mol. The lowest BCUT2D eigenvalue weighted by Crippen LogP contribution is -2.32. The van der Waals surface area contributed by atoms with Gasteiger partial charge in [0, 0.05) is 0 Å². The van der Waals surface area contributed by atoms with Crippen molar-refractivity contribution in [3.8, 4) is 0 Å². The molecule has 0 radical (unpaired) electrons. The van der Waals surface area contributed by atoms with Gasteiger partial charge in [-0.1, -0.05) is 23.2 Å². The van der Waals surface area contributed by atoms with Crippen molar-refractivity contribution in [3.63, 3.8) is 0 Å². The molecule has 0 aromatic carbocycles. The van der Waals surface area contributed by atoms with Crippen molar-refractivity contribution in [1.82, 2.24) is 0 Å². The molecule has 0 spiro atoms. The maximum atomic E-state index is 9.87. The van der Waals surface area contributed by atoms with Gasteiger partial charge in [-0.05, 0) is 19.0 Å². The molecule has 0 atom stereocenters. The van der Waals surface area contributed by atoms with Gasteiger partial charge in [-0.15, -0.1) is 16.5 Å². The maximum Gasteiger partial charge on any atom is 0.266 e. The Hall–Kier alpha value is 0.470. The van der Waals surface area contributed by atoms with Crippen molar-refractivity contribution >= 4 is 34.8 Å². The monoisotopic (exact) mass is 189 g/mol. The molecule has 9 heavy (non-hydrogen) atoms. The lowest BCUT2D eigenvalue weighted by Gasteiger charge is -2.23. The Labute approximate surface area is 68.4 Å². The summed E-state index contributed by atoms with van der Waals surface area (Å²) in [6, 6.07) is 0. The largest absolute Gasteiger partial charge is 0.266 e. The first-order valence-electron chi connectivity index (χ1n) is 2.22. The molecule has 0 amide bonds. The summed E-state index contributed by atoms with van der Waals surface area (Å²) >= 11 is 16.3. The summed E-state index contributed by atoms with van der Waals surface area (Å²) in [4.78, 5) is 8.85. The van der Waals surface area contributed by atoms with Crippen LogP contribution >= 0.6 is 34.8 Å². The zero-order valence-corrected chi connectivity index (χ0v) is 7.26. The Balaban J connectivity index is 4.32. The van der Waals surface area contributed by atoms with E-state index in [4.69, 9.17) is 34.8 Å². The van der Waals surface area contributed by atoms with E-state index in [0.717, 1.165) is 0 Å². The van der Waals surface area contributed by atoms with Crippen LogP contribution in [0.2, 0.25) is 0 Å². The van der Waals surface area contributed by atoms with Gasteiger partial charge in [0.15, 0.2) is 0 Å². The lowest BCUT2D eigenvalue weighted by molar-refractivity contribution is 0.607. The topological polar surface area (TPSA) is 29.4 Å². The van der Waals surface area contributed by atoms with Crippen LogP contribution in [-0.4, -0.2) is 9.33 Å². The molecule has 0 fully saturated rings. The van der Waals surface area contributed by atoms with E-state index in [1.54, 1.807) is 0 Å². The molecule has 0 saturated heterocycles. The number of hydrogen-bond acceptors (Lipinski definition) is 2. The number of hydrogen-bond donors (Lipinski definition) is 0. The molecule has 5 heteroatoms. The number of rotatable bonds is 2. The molecule has 0 heterocycles. The molecule has 0 bridgehead atoms. The van der Waals surface area contributed by atoms with Crippen LogP contribution in [0.1, 0.15) is 13.8 Å². The van der Waals surface area contributed by atoms with Crippen LogP contribution in [0.15, 0.2) is 5.18 Å². The molecule has 0 saturated carbocycles. The van der Waals surface area contributed by atoms with Crippen LogP contribution in [-0.2, 0) is 0 Å². The van der Waals surface area contributed by atoms with Crippen LogP contribution in [0.5, 0.6) is 0 Å². The normalized spacial score (nSPS) is 13.4. The van der Waals surface area contributed by atoms with Gasteiger partial charge in [0.05, 0.1) is 4.87 Å². The second-order valence-electron chi connectivity index (χ2n) is 2.10. The fraction of sp³-hybridized carbons (Fsp3) is 1.00. The summed E-state index contributed by atoms with van der Waals surface area (Å²) in [5.41, 5.74) is 0. The van der Waals surface area contributed by atoms with Crippen molar-refractivity contribution in [1.29, 1.82) is 0 Å². The van der Waals surface area contributed by atoms with Crippen LogP contribution in [0.25, 0.3) is 0 Å². The Morgan fingerprint density at radius 2 is 1.56 bits per heavy atom. The van der Waals surface area contributed by atoms with E-state index < -0.39 is 9.33 Å². The number of alkyl halides is 3. The predicted octanol–water partition coefficient (Wildman–Crippen LogP) is 2.90. The molecule has 0 aliphatic carbocycles. The minimum atomic E-state index is -1.74. The summed E-state index contributed by atoms with van der Waals surface area (Å²) < 4.78 is -1.74. The molecule has 2 nitrogen and oxygen atoms in total. The van der Waals surface area contributed by atoms with Crippen LogP contribution < -0.4 is 0 Å². The third kappa shape index (κ3) is 2.28. The van der Waals surface area contributed by atoms with Gasteiger partial charge in [0.2, 0.25) is 0 Å². The highest BCUT2D eigenvalue weighted by Gasteiger charge is 2.42. The zero-order chi connectivity index (χ0) is 7.71.